The third-order valence-electron chi connectivity index (χ3n) is 9.51. The molecule has 1 aliphatic rings. The third-order valence-corrected chi connectivity index (χ3v) is 9.51. The second-order valence-electron chi connectivity index (χ2n) is 14.0. The van der Waals surface area contributed by atoms with Crippen LogP contribution < -0.4 is 5.32 Å². The number of rotatable bonds is 38. The van der Waals surface area contributed by atoms with Gasteiger partial charge in [0.1, 0.15) is 0 Å². The van der Waals surface area contributed by atoms with Crippen molar-refractivity contribution in [2.45, 2.75) is 219 Å². The lowest BCUT2D eigenvalue weighted by Gasteiger charge is -2.19. The molecule has 1 fully saturated rings. The van der Waals surface area contributed by atoms with Crippen LogP contribution >= 0.6 is 0 Å². The van der Waals surface area contributed by atoms with E-state index in [1.807, 2.05) is 0 Å². The Morgan fingerprint density at radius 3 is 1.45 bits per heavy atom. The minimum atomic E-state index is 0.0117. The number of ether oxygens (including phenoxy) is 3. The molecule has 0 aromatic heterocycles. The summed E-state index contributed by atoms with van der Waals surface area (Å²) in [5, 5.41) is 3.68. The van der Waals surface area contributed by atoms with Crippen LogP contribution in [0.2, 0.25) is 0 Å². The standard InChI is InChI=1S/C40H81NO3/c1-4-7-10-13-19-27-34-42-39-37-38(39)30-23-17-16-18-25-32-41-33-26-22-24-31-40(43-35-28-20-14-11-8-5-2)44-36-29-21-15-12-9-6-3/h38-41H,4-37H2,1-3H3. The van der Waals surface area contributed by atoms with Crippen LogP contribution in [-0.4, -0.2) is 45.3 Å². The van der Waals surface area contributed by atoms with Gasteiger partial charge in [-0.05, 0) is 76.8 Å². The molecule has 1 rings (SSSR count). The molecule has 0 aromatic carbocycles. The quantitative estimate of drug-likeness (QED) is 0.0548. The Morgan fingerprint density at radius 1 is 0.477 bits per heavy atom. The summed E-state index contributed by atoms with van der Waals surface area (Å²) in [6.07, 6.45) is 39.0. The van der Waals surface area contributed by atoms with E-state index in [-0.39, 0.29) is 6.29 Å². The fourth-order valence-electron chi connectivity index (χ4n) is 6.30. The average Bonchev–Trinajstić information content (AvgIpc) is 3.79. The van der Waals surface area contributed by atoms with Crippen LogP contribution in [0.5, 0.6) is 0 Å². The Balaban J connectivity index is 1.91. The third kappa shape index (κ3) is 29.3. The lowest BCUT2D eigenvalue weighted by Crippen LogP contribution is -2.19. The summed E-state index contributed by atoms with van der Waals surface area (Å²) in [5.41, 5.74) is 0. The summed E-state index contributed by atoms with van der Waals surface area (Å²) in [7, 11) is 0. The van der Waals surface area contributed by atoms with Gasteiger partial charge < -0.3 is 19.5 Å². The van der Waals surface area contributed by atoms with Gasteiger partial charge in [-0.15, -0.1) is 0 Å². The van der Waals surface area contributed by atoms with E-state index in [0.717, 1.165) is 38.7 Å². The second kappa shape index (κ2) is 34.2. The molecule has 1 saturated carbocycles. The molecular weight excluding hydrogens is 542 g/mol. The average molecular weight is 624 g/mol. The first-order valence-electron chi connectivity index (χ1n) is 20.4. The molecule has 2 unspecified atom stereocenters. The first kappa shape index (κ1) is 41.9. The summed E-state index contributed by atoms with van der Waals surface area (Å²) < 4.78 is 18.5. The van der Waals surface area contributed by atoms with Crippen LogP contribution in [0, 0.1) is 5.92 Å². The van der Waals surface area contributed by atoms with Crippen LogP contribution in [0.25, 0.3) is 0 Å². The van der Waals surface area contributed by atoms with Gasteiger partial charge in [0.2, 0.25) is 0 Å². The number of hydrogen-bond donors (Lipinski definition) is 1. The van der Waals surface area contributed by atoms with E-state index in [4.69, 9.17) is 14.2 Å². The molecule has 44 heavy (non-hydrogen) atoms. The van der Waals surface area contributed by atoms with E-state index in [1.54, 1.807) is 0 Å². The normalized spacial score (nSPS) is 16.4. The molecule has 1 N–H and O–H groups in total. The van der Waals surface area contributed by atoms with Gasteiger partial charge in [0.05, 0.1) is 6.10 Å². The number of hydrogen-bond acceptors (Lipinski definition) is 4. The minimum Gasteiger partial charge on any atom is -0.378 e. The van der Waals surface area contributed by atoms with Crippen LogP contribution in [-0.2, 0) is 14.2 Å². The van der Waals surface area contributed by atoms with Gasteiger partial charge in [-0.25, -0.2) is 0 Å². The van der Waals surface area contributed by atoms with Crippen molar-refractivity contribution >= 4 is 0 Å². The van der Waals surface area contributed by atoms with Gasteiger partial charge in [-0.3, -0.25) is 0 Å². The predicted molar refractivity (Wildman–Crippen MR) is 193 cm³/mol. The van der Waals surface area contributed by atoms with Crippen molar-refractivity contribution in [3.05, 3.63) is 0 Å². The zero-order valence-corrected chi connectivity index (χ0v) is 30.5. The monoisotopic (exact) mass is 624 g/mol. The van der Waals surface area contributed by atoms with E-state index in [1.165, 1.54) is 186 Å². The Hall–Kier alpha value is -0.160. The fourth-order valence-corrected chi connectivity index (χ4v) is 6.30. The molecule has 0 radical (unpaired) electrons. The van der Waals surface area contributed by atoms with Crippen molar-refractivity contribution in [1.82, 2.24) is 5.32 Å². The van der Waals surface area contributed by atoms with Crippen molar-refractivity contribution in [2.24, 2.45) is 5.92 Å². The summed E-state index contributed by atoms with van der Waals surface area (Å²) >= 11 is 0. The molecule has 2 atom stereocenters. The van der Waals surface area contributed by atoms with E-state index in [0.29, 0.717) is 6.10 Å². The maximum atomic E-state index is 6.20. The Kier molecular flexibility index (Phi) is 32.5. The molecule has 0 heterocycles. The van der Waals surface area contributed by atoms with Crippen molar-refractivity contribution in [1.29, 1.82) is 0 Å². The molecule has 4 nitrogen and oxygen atoms in total. The summed E-state index contributed by atoms with van der Waals surface area (Å²) in [5.74, 6) is 0.880. The Bertz CT molecular complexity index is 527. The van der Waals surface area contributed by atoms with E-state index in [9.17, 15) is 0 Å². The van der Waals surface area contributed by atoms with Gasteiger partial charge in [0.25, 0.3) is 0 Å². The molecule has 264 valence electrons. The smallest absolute Gasteiger partial charge is 0.157 e. The lowest BCUT2D eigenvalue weighted by atomic mass is 10.1. The zero-order valence-electron chi connectivity index (χ0n) is 30.5. The summed E-state index contributed by atoms with van der Waals surface area (Å²) in [6.45, 7) is 11.9. The highest BCUT2D eigenvalue weighted by atomic mass is 16.7. The molecule has 1 aliphatic carbocycles. The van der Waals surface area contributed by atoms with Crippen molar-refractivity contribution in [3.8, 4) is 0 Å². The SMILES string of the molecule is CCCCCCCCOC(CCCCCNCCCCCCCC1CC1OCCCCCCCC)OCCCCCCCC. The van der Waals surface area contributed by atoms with Gasteiger partial charge in [-0.1, -0.05) is 149 Å². The van der Waals surface area contributed by atoms with Gasteiger partial charge in [0, 0.05) is 19.8 Å². The highest BCUT2D eigenvalue weighted by Crippen LogP contribution is 2.38. The van der Waals surface area contributed by atoms with Crippen molar-refractivity contribution < 1.29 is 14.2 Å². The summed E-state index contributed by atoms with van der Waals surface area (Å²) in [4.78, 5) is 0. The van der Waals surface area contributed by atoms with E-state index in [2.05, 4.69) is 26.1 Å². The van der Waals surface area contributed by atoms with Crippen LogP contribution in [0.15, 0.2) is 0 Å². The topological polar surface area (TPSA) is 39.7 Å². The summed E-state index contributed by atoms with van der Waals surface area (Å²) in [6, 6.07) is 0. The van der Waals surface area contributed by atoms with Crippen molar-refractivity contribution in [2.75, 3.05) is 32.9 Å². The van der Waals surface area contributed by atoms with Gasteiger partial charge in [-0.2, -0.15) is 0 Å². The Morgan fingerprint density at radius 2 is 0.909 bits per heavy atom. The molecule has 4 heteroatoms. The largest absolute Gasteiger partial charge is 0.378 e. The predicted octanol–water partition coefficient (Wildman–Crippen LogP) is 12.3. The maximum absolute atomic E-state index is 6.20. The number of nitrogens with one attached hydrogen (secondary N) is 1. The number of unbranched alkanes of at least 4 members (excludes halogenated alkanes) is 21. The highest BCUT2D eigenvalue weighted by molar-refractivity contribution is 4.87. The van der Waals surface area contributed by atoms with Crippen LogP contribution in [0.1, 0.15) is 207 Å². The fraction of sp³-hybridized carbons (Fsp3) is 1.00. The van der Waals surface area contributed by atoms with Crippen molar-refractivity contribution in [3.63, 3.8) is 0 Å². The molecule has 0 bridgehead atoms. The maximum Gasteiger partial charge on any atom is 0.157 e. The molecule has 0 saturated heterocycles. The van der Waals surface area contributed by atoms with Gasteiger partial charge >= 0.3 is 0 Å². The molecule has 0 spiro atoms. The first-order chi connectivity index (χ1) is 21.8. The molecule has 0 aliphatic heterocycles. The minimum absolute atomic E-state index is 0.0117. The second-order valence-corrected chi connectivity index (χ2v) is 14.0. The van der Waals surface area contributed by atoms with Crippen LogP contribution in [0.3, 0.4) is 0 Å². The van der Waals surface area contributed by atoms with E-state index < -0.39 is 0 Å². The van der Waals surface area contributed by atoms with E-state index >= 15 is 0 Å². The first-order valence-corrected chi connectivity index (χ1v) is 20.4. The Labute approximate surface area is 277 Å². The molecule has 0 amide bonds. The lowest BCUT2D eigenvalue weighted by molar-refractivity contribution is -0.148. The molecular formula is C40H81NO3. The highest BCUT2D eigenvalue weighted by Gasteiger charge is 2.36. The van der Waals surface area contributed by atoms with Crippen LogP contribution in [0.4, 0.5) is 0 Å². The van der Waals surface area contributed by atoms with Gasteiger partial charge in [0.15, 0.2) is 6.29 Å². The molecule has 0 aromatic rings. The zero-order chi connectivity index (χ0) is 31.6.